The van der Waals surface area contributed by atoms with Gasteiger partial charge in [0.1, 0.15) is 22.4 Å². The molecule has 0 radical (unpaired) electrons. The van der Waals surface area contributed by atoms with Gasteiger partial charge in [-0.05, 0) is 19.1 Å². The fraction of sp³-hybridized carbons (Fsp3) is 0.133. The van der Waals surface area contributed by atoms with Crippen molar-refractivity contribution in [3.8, 4) is 27.6 Å². The zero-order valence-electron chi connectivity index (χ0n) is 11.7. The molecule has 0 aliphatic heterocycles. The topological polar surface area (TPSA) is 73.9 Å². The monoisotopic (exact) mass is 298 g/mol. The van der Waals surface area contributed by atoms with Crippen molar-refractivity contribution in [3.63, 3.8) is 0 Å². The molecular weight excluding hydrogens is 284 g/mol. The van der Waals surface area contributed by atoms with Gasteiger partial charge < -0.3 is 10.5 Å². The van der Waals surface area contributed by atoms with Gasteiger partial charge in [0.05, 0.1) is 18.4 Å². The minimum absolute atomic E-state index is 0.448. The number of para-hydroxylation sites is 1. The van der Waals surface area contributed by atoms with E-state index < -0.39 is 0 Å². The number of benzene rings is 1. The number of aryl methyl sites for hydroxylation is 1. The van der Waals surface area contributed by atoms with Crippen molar-refractivity contribution in [3.05, 3.63) is 41.7 Å². The van der Waals surface area contributed by atoms with Gasteiger partial charge in [-0.1, -0.05) is 12.1 Å². The predicted molar refractivity (Wildman–Crippen MR) is 84.3 cm³/mol. The molecule has 5 nitrogen and oxygen atoms in total. The van der Waals surface area contributed by atoms with E-state index in [2.05, 4.69) is 15.0 Å². The lowest BCUT2D eigenvalue weighted by Crippen LogP contribution is -1.98. The summed E-state index contributed by atoms with van der Waals surface area (Å²) in [5.74, 6) is 1.89. The second-order valence-electron chi connectivity index (χ2n) is 4.45. The molecule has 0 atom stereocenters. The van der Waals surface area contributed by atoms with E-state index in [0.29, 0.717) is 11.6 Å². The van der Waals surface area contributed by atoms with Gasteiger partial charge in [-0.3, -0.25) is 0 Å². The number of ether oxygens (including phenoxy) is 1. The van der Waals surface area contributed by atoms with Crippen molar-refractivity contribution in [2.45, 2.75) is 6.92 Å². The highest BCUT2D eigenvalue weighted by atomic mass is 32.1. The highest BCUT2D eigenvalue weighted by Gasteiger charge is 2.13. The van der Waals surface area contributed by atoms with Crippen LogP contribution < -0.4 is 10.5 Å². The van der Waals surface area contributed by atoms with Crippen molar-refractivity contribution in [2.24, 2.45) is 0 Å². The summed E-state index contributed by atoms with van der Waals surface area (Å²) in [6, 6.07) is 7.78. The number of hydrogen-bond acceptors (Lipinski definition) is 6. The largest absolute Gasteiger partial charge is 0.496 e. The molecule has 21 heavy (non-hydrogen) atoms. The van der Waals surface area contributed by atoms with Gasteiger partial charge >= 0.3 is 0 Å². The highest BCUT2D eigenvalue weighted by molar-refractivity contribution is 7.13. The number of aromatic nitrogens is 3. The molecule has 0 unspecified atom stereocenters. The molecule has 6 heteroatoms. The van der Waals surface area contributed by atoms with Crippen molar-refractivity contribution in [1.82, 2.24) is 15.0 Å². The first kappa shape index (κ1) is 13.5. The Morgan fingerprint density at radius 1 is 1.14 bits per heavy atom. The maximum Gasteiger partial charge on any atom is 0.137 e. The number of nitrogens with two attached hydrogens (primary N) is 1. The molecule has 2 N–H and O–H groups in total. The fourth-order valence-electron chi connectivity index (χ4n) is 2.03. The summed E-state index contributed by atoms with van der Waals surface area (Å²) in [5.41, 5.74) is 8.51. The number of methoxy groups -OCH3 is 1. The number of anilines is 1. The van der Waals surface area contributed by atoms with Crippen LogP contribution in [0.25, 0.3) is 21.8 Å². The number of nitrogens with zero attached hydrogens (tertiary/aromatic N) is 3. The molecule has 0 spiro atoms. The molecule has 0 bridgehead atoms. The standard InChI is InChI=1S/C15H14N4OS/c1-9-17-7-11(14(16)18-9)15-19-12(8-21-15)10-5-3-4-6-13(10)20-2/h3-8H,1-2H3,(H2,16,17,18). The van der Waals surface area contributed by atoms with Gasteiger partial charge in [-0.2, -0.15) is 0 Å². The minimum Gasteiger partial charge on any atom is -0.496 e. The van der Waals surface area contributed by atoms with Crippen LogP contribution in [0.4, 0.5) is 5.82 Å². The summed E-state index contributed by atoms with van der Waals surface area (Å²) in [4.78, 5) is 13.0. The Morgan fingerprint density at radius 3 is 2.71 bits per heavy atom. The quantitative estimate of drug-likeness (QED) is 0.804. The number of hydrogen-bond donors (Lipinski definition) is 1. The first-order valence-corrected chi connectivity index (χ1v) is 7.25. The van der Waals surface area contributed by atoms with E-state index in [-0.39, 0.29) is 0 Å². The van der Waals surface area contributed by atoms with Crippen LogP contribution in [0, 0.1) is 6.92 Å². The first-order valence-electron chi connectivity index (χ1n) is 6.37. The molecule has 106 valence electrons. The van der Waals surface area contributed by atoms with Gasteiger partial charge in [-0.15, -0.1) is 11.3 Å². The van der Waals surface area contributed by atoms with Gasteiger partial charge in [0.25, 0.3) is 0 Å². The first-order chi connectivity index (χ1) is 10.2. The number of rotatable bonds is 3. The van der Waals surface area contributed by atoms with Crippen LogP contribution in [0.1, 0.15) is 5.82 Å². The van der Waals surface area contributed by atoms with Crippen molar-refractivity contribution in [2.75, 3.05) is 12.8 Å². The molecule has 0 aliphatic carbocycles. The van der Waals surface area contributed by atoms with Crippen molar-refractivity contribution in [1.29, 1.82) is 0 Å². The van der Waals surface area contributed by atoms with E-state index in [0.717, 1.165) is 27.6 Å². The van der Waals surface area contributed by atoms with E-state index in [1.54, 1.807) is 13.3 Å². The Hall–Kier alpha value is -2.47. The minimum atomic E-state index is 0.448. The third-order valence-electron chi connectivity index (χ3n) is 3.06. The van der Waals surface area contributed by atoms with Crippen LogP contribution in [0.5, 0.6) is 5.75 Å². The molecule has 3 aromatic rings. The molecule has 1 aromatic carbocycles. The average molecular weight is 298 g/mol. The normalized spacial score (nSPS) is 10.6. The van der Waals surface area contributed by atoms with E-state index >= 15 is 0 Å². The number of nitrogen functional groups attached to an aromatic ring is 1. The molecule has 0 fully saturated rings. The Morgan fingerprint density at radius 2 is 1.95 bits per heavy atom. The van der Waals surface area contributed by atoms with Crippen molar-refractivity contribution < 1.29 is 4.74 Å². The van der Waals surface area contributed by atoms with Crippen LogP contribution in [0.15, 0.2) is 35.8 Å². The van der Waals surface area contributed by atoms with Crippen LogP contribution in [-0.4, -0.2) is 22.1 Å². The lowest BCUT2D eigenvalue weighted by Gasteiger charge is -2.05. The summed E-state index contributed by atoms with van der Waals surface area (Å²) in [7, 11) is 1.65. The van der Waals surface area contributed by atoms with Gasteiger partial charge in [0.15, 0.2) is 0 Å². The fourth-order valence-corrected chi connectivity index (χ4v) is 2.87. The maximum atomic E-state index is 5.95. The second-order valence-corrected chi connectivity index (χ2v) is 5.31. The molecule has 0 saturated heterocycles. The second kappa shape index (κ2) is 5.49. The van der Waals surface area contributed by atoms with Crippen LogP contribution in [0.2, 0.25) is 0 Å². The molecule has 2 aromatic heterocycles. The molecule has 0 saturated carbocycles. The zero-order valence-corrected chi connectivity index (χ0v) is 12.5. The third-order valence-corrected chi connectivity index (χ3v) is 3.93. The van der Waals surface area contributed by atoms with Crippen LogP contribution >= 0.6 is 11.3 Å². The number of thiazole rings is 1. The van der Waals surface area contributed by atoms with E-state index in [4.69, 9.17) is 10.5 Å². The lowest BCUT2D eigenvalue weighted by molar-refractivity contribution is 0.416. The average Bonchev–Trinajstić information content (AvgIpc) is 2.96. The predicted octanol–water partition coefficient (Wildman–Crippen LogP) is 3.17. The molecule has 0 amide bonds. The van der Waals surface area contributed by atoms with E-state index in [1.807, 2.05) is 36.6 Å². The van der Waals surface area contributed by atoms with Gasteiger partial charge in [-0.25, -0.2) is 15.0 Å². The Bertz CT molecular complexity index is 785. The Labute approximate surface area is 126 Å². The zero-order chi connectivity index (χ0) is 14.8. The Balaban J connectivity index is 2.04. The summed E-state index contributed by atoms with van der Waals surface area (Å²) >= 11 is 1.51. The van der Waals surface area contributed by atoms with Crippen molar-refractivity contribution >= 4 is 17.2 Å². The van der Waals surface area contributed by atoms with Crippen LogP contribution in [0.3, 0.4) is 0 Å². The van der Waals surface area contributed by atoms with E-state index in [1.165, 1.54) is 11.3 Å². The lowest BCUT2D eigenvalue weighted by atomic mass is 10.1. The molecular formula is C15H14N4OS. The molecule has 2 heterocycles. The molecule has 0 aliphatic rings. The summed E-state index contributed by atoms with van der Waals surface area (Å²) < 4.78 is 5.37. The summed E-state index contributed by atoms with van der Waals surface area (Å²) in [5, 5.41) is 2.78. The third kappa shape index (κ3) is 2.57. The smallest absolute Gasteiger partial charge is 0.137 e. The van der Waals surface area contributed by atoms with Gasteiger partial charge in [0.2, 0.25) is 0 Å². The maximum absolute atomic E-state index is 5.95. The Kier molecular flexibility index (Phi) is 3.53. The highest BCUT2D eigenvalue weighted by Crippen LogP contribution is 2.34. The van der Waals surface area contributed by atoms with E-state index in [9.17, 15) is 0 Å². The SMILES string of the molecule is COc1ccccc1-c1csc(-c2cnc(C)nc2N)n1. The summed E-state index contributed by atoms with van der Waals surface area (Å²) in [6.45, 7) is 1.81. The van der Waals surface area contributed by atoms with Gasteiger partial charge in [0, 0.05) is 17.1 Å². The van der Waals surface area contributed by atoms with Crippen LogP contribution in [-0.2, 0) is 0 Å². The summed E-state index contributed by atoms with van der Waals surface area (Å²) in [6.07, 6.45) is 1.71. The molecule has 3 rings (SSSR count).